The van der Waals surface area contributed by atoms with E-state index in [0.717, 1.165) is 29.5 Å². The van der Waals surface area contributed by atoms with Gasteiger partial charge in [-0.05, 0) is 12.5 Å². The second-order valence-electron chi connectivity index (χ2n) is 3.57. The predicted octanol–water partition coefficient (Wildman–Crippen LogP) is 2.26. The summed E-state index contributed by atoms with van der Waals surface area (Å²) < 4.78 is 5.60. The molecule has 1 aliphatic heterocycles. The van der Waals surface area contributed by atoms with Crippen molar-refractivity contribution in [2.24, 2.45) is 0 Å². The second-order valence-corrected chi connectivity index (χ2v) is 3.57. The average Bonchev–Trinajstić information content (AvgIpc) is 2.55. The quantitative estimate of drug-likeness (QED) is 0.549. The van der Waals surface area contributed by atoms with Gasteiger partial charge in [-0.15, -0.1) is 0 Å². The maximum absolute atomic E-state index is 10.2. The van der Waals surface area contributed by atoms with E-state index in [1.807, 2.05) is 25.1 Å². The van der Waals surface area contributed by atoms with Crippen molar-refractivity contribution in [3.05, 3.63) is 45.6 Å². The molecule has 1 heterocycles. The minimum Gasteiger partial charge on any atom is -0.489 e. The van der Waals surface area contributed by atoms with Crippen LogP contribution in [0.5, 0.6) is 5.75 Å². The number of fused-ring (bicyclic) bond motifs is 1. The molecular formula is C11H11NO3. The number of para-hydroxylation sites is 1. The molecule has 0 amide bonds. The van der Waals surface area contributed by atoms with Crippen LogP contribution in [0.2, 0.25) is 0 Å². The third-order valence-corrected chi connectivity index (χ3v) is 2.33. The van der Waals surface area contributed by atoms with Crippen molar-refractivity contribution in [3.63, 3.8) is 0 Å². The van der Waals surface area contributed by atoms with E-state index < -0.39 is 4.92 Å². The van der Waals surface area contributed by atoms with E-state index in [1.165, 1.54) is 6.08 Å². The zero-order valence-electron chi connectivity index (χ0n) is 8.34. The molecule has 1 aliphatic rings. The SMILES string of the molecule is CC1Cc2cccc(C=C[N+](=O)[O-])c2O1. The smallest absolute Gasteiger partial charge is 0.235 e. The molecule has 2 rings (SSSR count). The molecule has 15 heavy (non-hydrogen) atoms. The van der Waals surface area contributed by atoms with Gasteiger partial charge in [-0.3, -0.25) is 10.1 Å². The molecule has 0 aliphatic carbocycles. The summed E-state index contributed by atoms with van der Waals surface area (Å²) in [5.41, 5.74) is 1.89. The molecule has 0 saturated carbocycles. The minimum atomic E-state index is -0.474. The molecule has 1 aromatic carbocycles. The van der Waals surface area contributed by atoms with E-state index in [0.29, 0.717) is 0 Å². The predicted molar refractivity (Wildman–Crippen MR) is 56.3 cm³/mol. The molecule has 0 N–H and O–H groups in total. The van der Waals surface area contributed by atoms with Gasteiger partial charge in [0.1, 0.15) is 11.9 Å². The van der Waals surface area contributed by atoms with Gasteiger partial charge in [0.2, 0.25) is 6.20 Å². The van der Waals surface area contributed by atoms with E-state index in [9.17, 15) is 10.1 Å². The van der Waals surface area contributed by atoms with Gasteiger partial charge in [0.15, 0.2) is 0 Å². The lowest BCUT2D eigenvalue weighted by Crippen LogP contribution is -2.05. The Labute approximate surface area is 87.3 Å². The van der Waals surface area contributed by atoms with E-state index >= 15 is 0 Å². The van der Waals surface area contributed by atoms with Gasteiger partial charge in [-0.1, -0.05) is 18.2 Å². The molecule has 1 atom stereocenters. The number of benzene rings is 1. The fourth-order valence-electron chi connectivity index (χ4n) is 1.73. The maximum Gasteiger partial charge on any atom is 0.235 e. The summed E-state index contributed by atoms with van der Waals surface area (Å²) in [4.78, 5) is 9.74. The van der Waals surface area contributed by atoms with E-state index in [1.54, 1.807) is 0 Å². The molecule has 4 nitrogen and oxygen atoms in total. The van der Waals surface area contributed by atoms with Crippen LogP contribution in [-0.4, -0.2) is 11.0 Å². The Hall–Kier alpha value is -1.84. The number of nitrogens with zero attached hydrogens (tertiary/aromatic N) is 1. The lowest BCUT2D eigenvalue weighted by molar-refractivity contribution is -0.400. The zero-order chi connectivity index (χ0) is 10.8. The topological polar surface area (TPSA) is 52.4 Å². The lowest BCUT2D eigenvalue weighted by Gasteiger charge is -2.04. The van der Waals surface area contributed by atoms with Gasteiger partial charge in [-0.2, -0.15) is 0 Å². The van der Waals surface area contributed by atoms with Crippen LogP contribution in [0.25, 0.3) is 6.08 Å². The first-order valence-corrected chi connectivity index (χ1v) is 4.77. The van der Waals surface area contributed by atoms with Crippen LogP contribution in [0.4, 0.5) is 0 Å². The van der Waals surface area contributed by atoms with E-state index in [4.69, 9.17) is 4.74 Å². The Morgan fingerprint density at radius 3 is 3.13 bits per heavy atom. The molecule has 0 fully saturated rings. The third-order valence-electron chi connectivity index (χ3n) is 2.33. The molecule has 0 saturated heterocycles. The van der Waals surface area contributed by atoms with Gasteiger partial charge in [0.05, 0.1) is 4.92 Å². The van der Waals surface area contributed by atoms with Crippen LogP contribution in [0.3, 0.4) is 0 Å². The van der Waals surface area contributed by atoms with Crippen molar-refractivity contribution in [2.75, 3.05) is 0 Å². The first kappa shape index (κ1) is 9.71. The Kier molecular flexibility index (Phi) is 2.41. The summed E-state index contributed by atoms with van der Waals surface area (Å²) in [5.74, 6) is 0.781. The van der Waals surface area contributed by atoms with Gasteiger partial charge in [-0.25, -0.2) is 0 Å². The van der Waals surface area contributed by atoms with Gasteiger partial charge < -0.3 is 4.74 Å². The number of nitro groups is 1. The minimum absolute atomic E-state index is 0.158. The van der Waals surface area contributed by atoms with Crippen molar-refractivity contribution < 1.29 is 9.66 Å². The van der Waals surface area contributed by atoms with Crippen LogP contribution in [0.15, 0.2) is 24.4 Å². The number of rotatable bonds is 2. The van der Waals surface area contributed by atoms with Crippen molar-refractivity contribution in [2.45, 2.75) is 19.4 Å². The molecule has 1 aromatic rings. The molecule has 0 bridgehead atoms. The van der Waals surface area contributed by atoms with Crippen LogP contribution in [0.1, 0.15) is 18.1 Å². The number of hydrogen-bond donors (Lipinski definition) is 0. The Morgan fingerprint density at radius 1 is 1.60 bits per heavy atom. The standard InChI is InChI=1S/C11H11NO3/c1-8-7-10-4-2-3-9(11(10)15-8)5-6-12(13)14/h2-6,8H,7H2,1H3. The number of hydrogen-bond acceptors (Lipinski definition) is 3. The van der Waals surface area contributed by atoms with Gasteiger partial charge >= 0.3 is 0 Å². The Balaban J connectivity index is 2.34. The fourth-order valence-corrected chi connectivity index (χ4v) is 1.73. The third kappa shape index (κ3) is 1.98. The molecule has 78 valence electrons. The molecule has 4 heteroatoms. The largest absolute Gasteiger partial charge is 0.489 e. The number of ether oxygens (including phenoxy) is 1. The highest BCUT2D eigenvalue weighted by molar-refractivity contribution is 5.60. The first-order chi connectivity index (χ1) is 7.16. The van der Waals surface area contributed by atoms with Gasteiger partial charge in [0.25, 0.3) is 0 Å². The highest BCUT2D eigenvalue weighted by atomic mass is 16.6. The zero-order valence-corrected chi connectivity index (χ0v) is 8.34. The van der Waals surface area contributed by atoms with E-state index in [2.05, 4.69) is 0 Å². The fraction of sp³-hybridized carbons (Fsp3) is 0.273. The molecular weight excluding hydrogens is 194 g/mol. The highest BCUT2D eigenvalue weighted by Crippen LogP contribution is 2.32. The average molecular weight is 205 g/mol. The second kappa shape index (κ2) is 3.73. The van der Waals surface area contributed by atoms with Gasteiger partial charge in [0, 0.05) is 18.1 Å². The van der Waals surface area contributed by atoms with Crippen molar-refractivity contribution in [1.82, 2.24) is 0 Å². The normalized spacial score (nSPS) is 18.9. The van der Waals surface area contributed by atoms with Crippen LogP contribution in [0, 0.1) is 10.1 Å². The molecule has 0 aromatic heterocycles. The summed E-state index contributed by atoms with van der Waals surface area (Å²) in [5, 5.41) is 10.2. The van der Waals surface area contributed by atoms with Crippen LogP contribution < -0.4 is 4.74 Å². The van der Waals surface area contributed by atoms with Crippen molar-refractivity contribution >= 4 is 6.08 Å². The lowest BCUT2D eigenvalue weighted by atomic mass is 10.1. The van der Waals surface area contributed by atoms with Crippen molar-refractivity contribution in [1.29, 1.82) is 0 Å². The monoisotopic (exact) mass is 205 g/mol. The van der Waals surface area contributed by atoms with E-state index in [-0.39, 0.29) is 6.10 Å². The first-order valence-electron chi connectivity index (χ1n) is 4.77. The summed E-state index contributed by atoms with van der Waals surface area (Å²) >= 11 is 0. The summed E-state index contributed by atoms with van der Waals surface area (Å²) in [7, 11) is 0. The molecule has 0 spiro atoms. The summed E-state index contributed by atoms with van der Waals surface area (Å²) in [6, 6.07) is 5.69. The van der Waals surface area contributed by atoms with Crippen molar-refractivity contribution in [3.8, 4) is 5.75 Å². The highest BCUT2D eigenvalue weighted by Gasteiger charge is 2.20. The molecule has 1 unspecified atom stereocenters. The maximum atomic E-state index is 10.2. The summed E-state index contributed by atoms with van der Waals surface area (Å²) in [6.45, 7) is 1.99. The Bertz CT molecular complexity index is 426. The Morgan fingerprint density at radius 2 is 2.40 bits per heavy atom. The van der Waals surface area contributed by atoms with Crippen LogP contribution >= 0.6 is 0 Å². The molecule has 0 radical (unpaired) electrons. The summed E-state index contributed by atoms with van der Waals surface area (Å²) in [6.07, 6.45) is 3.43. The van der Waals surface area contributed by atoms with Crippen LogP contribution in [-0.2, 0) is 6.42 Å².